The Balaban J connectivity index is 2.04. The number of nitrogens with one attached hydrogen (secondary N) is 1. The van der Waals surface area contributed by atoms with Crippen molar-refractivity contribution < 1.29 is 14.8 Å². The summed E-state index contributed by atoms with van der Waals surface area (Å²) in [4.78, 5) is 26.9. The first-order valence-corrected chi connectivity index (χ1v) is 8.60. The van der Waals surface area contributed by atoms with Gasteiger partial charge in [-0.1, -0.05) is 12.1 Å². The summed E-state index contributed by atoms with van der Waals surface area (Å²) in [7, 11) is 0. The van der Waals surface area contributed by atoms with Crippen LogP contribution in [0.2, 0.25) is 0 Å². The maximum atomic E-state index is 12.3. The molecule has 2 heterocycles. The van der Waals surface area contributed by atoms with Crippen molar-refractivity contribution in [3.05, 3.63) is 39.9 Å². The number of imide groups is 1. The van der Waals surface area contributed by atoms with Crippen LogP contribution in [0.1, 0.15) is 27.6 Å². The fourth-order valence-electron chi connectivity index (χ4n) is 3.57. The summed E-state index contributed by atoms with van der Waals surface area (Å²) in [5.74, 6) is -1.37. The number of carbonyl (C=O) groups excluding carboxylic acids is 2. The van der Waals surface area contributed by atoms with Crippen molar-refractivity contribution >= 4 is 44.2 Å². The fraction of sp³-hybridized carbons (Fsp3) is 0.294. The van der Waals surface area contributed by atoms with Gasteiger partial charge in [0.2, 0.25) is 0 Å². The summed E-state index contributed by atoms with van der Waals surface area (Å²) in [6, 6.07) is 7.34. The molecule has 2 aromatic carbocycles. The van der Waals surface area contributed by atoms with E-state index in [1.807, 2.05) is 6.07 Å². The molecule has 2 aromatic rings. The van der Waals surface area contributed by atoms with E-state index < -0.39 is 11.8 Å². The molecule has 24 heavy (non-hydrogen) atoms. The molecule has 2 aliphatic rings. The minimum absolute atomic E-state index is 0.191. The molecule has 0 saturated carbocycles. The third-order valence-corrected chi connectivity index (χ3v) is 5.32. The molecule has 0 radical (unpaired) electrons. The maximum absolute atomic E-state index is 12.3. The lowest BCUT2D eigenvalue weighted by Gasteiger charge is -2.38. The minimum atomic E-state index is -0.690. The Morgan fingerprint density at radius 2 is 2.00 bits per heavy atom. The van der Waals surface area contributed by atoms with Crippen molar-refractivity contribution in [2.75, 3.05) is 24.5 Å². The van der Waals surface area contributed by atoms with E-state index >= 15 is 0 Å². The van der Waals surface area contributed by atoms with Gasteiger partial charge in [-0.25, -0.2) is 0 Å². The minimum Gasteiger partial charge on any atom is -0.365 e. The van der Waals surface area contributed by atoms with Gasteiger partial charge in [0.25, 0.3) is 11.8 Å². The highest BCUT2D eigenvalue weighted by atomic mass is 79.9. The van der Waals surface area contributed by atoms with E-state index in [4.69, 9.17) is 0 Å². The molecule has 1 unspecified atom stereocenters. The lowest BCUT2D eigenvalue weighted by atomic mass is 9.93. The monoisotopic (exact) mass is 389 g/mol. The molecule has 2 amide bonds. The average molecular weight is 390 g/mol. The lowest BCUT2D eigenvalue weighted by molar-refractivity contribution is -0.0377. The van der Waals surface area contributed by atoms with Gasteiger partial charge in [0.05, 0.1) is 16.8 Å². The van der Waals surface area contributed by atoms with Gasteiger partial charge < -0.3 is 10.2 Å². The number of hydroxylamine groups is 2. The highest BCUT2D eigenvalue weighted by molar-refractivity contribution is 9.10. The summed E-state index contributed by atoms with van der Waals surface area (Å²) < 4.78 is 0.784. The van der Waals surface area contributed by atoms with Gasteiger partial charge in [-0.05, 0) is 35.0 Å². The van der Waals surface area contributed by atoms with Gasteiger partial charge in [-0.15, -0.1) is 5.06 Å². The van der Waals surface area contributed by atoms with E-state index in [1.54, 1.807) is 18.2 Å². The Labute approximate surface area is 147 Å². The van der Waals surface area contributed by atoms with Crippen molar-refractivity contribution in [2.45, 2.75) is 13.0 Å². The van der Waals surface area contributed by atoms with Crippen molar-refractivity contribution in [3.63, 3.8) is 0 Å². The molecule has 0 spiro atoms. The number of carbonyl (C=O) groups is 2. The number of piperazine rings is 1. The summed E-state index contributed by atoms with van der Waals surface area (Å²) in [5, 5.41) is 14.8. The van der Waals surface area contributed by atoms with Gasteiger partial charge in [-0.2, -0.15) is 0 Å². The molecule has 0 aromatic heterocycles. The lowest BCUT2D eigenvalue weighted by Crippen LogP contribution is -2.50. The maximum Gasteiger partial charge on any atom is 0.285 e. The van der Waals surface area contributed by atoms with E-state index in [-0.39, 0.29) is 11.1 Å². The smallest absolute Gasteiger partial charge is 0.285 e. The summed E-state index contributed by atoms with van der Waals surface area (Å²) in [5.41, 5.74) is 1.67. The van der Waals surface area contributed by atoms with Gasteiger partial charge in [0, 0.05) is 40.9 Å². The molecule has 2 N–H and O–H groups in total. The second kappa shape index (κ2) is 5.54. The number of rotatable bonds is 1. The predicted molar refractivity (Wildman–Crippen MR) is 93.6 cm³/mol. The number of amides is 2. The highest BCUT2D eigenvalue weighted by Crippen LogP contribution is 2.41. The van der Waals surface area contributed by atoms with E-state index in [0.29, 0.717) is 16.5 Å². The van der Waals surface area contributed by atoms with Crippen molar-refractivity contribution in [3.8, 4) is 0 Å². The number of hydrogen-bond donors (Lipinski definition) is 2. The van der Waals surface area contributed by atoms with Crippen LogP contribution in [0, 0.1) is 0 Å². The van der Waals surface area contributed by atoms with E-state index in [0.717, 1.165) is 35.2 Å². The van der Waals surface area contributed by atoms with Crippen LogP contribution in [0.3, 0.4) is 0 Å². The molecule has 124 valence electrons. The van der Waals surface area contributed by atoms with Gasteiger partial charge in [0.15, 0.2) is 0 Å². The summed E-state index contributed by atoms with van der Waals surface area (Å²) >= 11 is 3.58. The third-order valence-electron chi connectivity index (χ3n) is 4.72. The second-order valence-electron chi connectivity index (χ2n) is 6.15. The quantitative estimate of drug-likeness (QED) is 0.578. The molecule has 0 bridgehead atoms. The number of anilines is 1. The molecule has 1 saturated heterocycles. The van der Waals surface area contributed by atoms with Crippen LogP contribution in [0.5, 0.6) is 0 Å². The number of halogens is 1. The van der Waals surface area contributed by atoms with Crippen molar-refractivity contribution in [2.24, 2.45) is 0 Å². The molecule has 7 heteroatoms. The molecular formula is C17H16BrN3O3. The molecule has 6 nitrogen and oxygen atoms in total. The largest absolute Gasteiger partial charge is 0.365 e. The normalized spacial score (nSPS) is 20.9. The molecule has 1 fully saturated rings. The molecule has 4 rings (SSSR count). The predicted octanol–water partition coefficient (Wildman–Crippen LogP) is 2.39. The third kappa shape index (κ3) is 2.08. The Bertz CT molecular complexity index is 883. The Hall–Kier alpha value is -1.96. The van der Waals surface area contributed by atoms with E-state index in [9.17, 15) is 14.8 Å². The zero-order chi connectivity index (χ0) is 17.0. The molecule has 0 aliphatic carbocycles. The van der Waals surface area contributed by atoms with Crippen LogP contribution in [-0.4, -0.2) is 47.8 Å². The Kier molecular flexibility index (Phi) is 3.59. The summed E-state index contributed by atoms with van der Waals surface area (Å²) in [6.45, 7) is 4.73. The van der Waals surface area contributed by atoms with Crippen LogP contribution in [0.15, 0.2) is 28.7 Å². The first kappa shape index (κ1) is 15.6. The second-order valence-corrected chi connectivity index (χ2v) is 7.01. The fourth-order valence-corrected chi connectivity index (χ4v) is 4.24. The van der Waals surface area contributed by atoms with Crippen LogP contribution in [-0.2, 0) is 0 Å². The summed E-state index contributed by atoms with van der Waals surface area (Å²) in [6.07, 6.45) is 0. The number of hydrogen-bond acceptors (Lipinski definition) is 5. The Morgan fingerprint density at radius 1 is 1.25 bits per heavy atom. The zero-order valence-electron chi connectivity index (χ0n) is 13.0. The molecule has 2 aliphatic heterocycles. The van der Waals surface area contributed by atoms with Gasteiger partial charge in [0.1, 0.15) is 0 Å². The van der Waals surface area contributed by atoms with Gasteiger partial charge in [-0.3, -0.25) is 14.8 Å². The standard InChI is InChI=1S/C17H16BrN3O3/c1-9-8-19-5-6-20(9)15-10-3-2-4-11-14(10)12(7-13(15)18)17(23)21(24)16(11)22/h2-4,7,9,19,24H,5-6,8H2,1H3. The molecule has 1 atom stereocenters. The van der Waals surface area contributed by atoms with Crippen LogP contribution < -0.4 is 10.2 Å². The van der Waals surface area contributed by atoms with Crippen molar-refractivity contribution in [1.29, 1.82) is 0 Å². The van der Waals surface area contributed by atoms with Crippen LogP contribution in [0.25, 0.3) is 10.8 Å². The number of nitrogens with zero attached hydrogens (tertiary/aromatic N) is 2. The molecular weight excluding hydrogens is 374 g/mol. The average Bonchev–Trinajstić information content (AvgIpc) is 2.58. The SMILES string of the molecule is CC1CNCCN1c1c(Br)cc2c3c(cccc13)C(=O)N(O)C2=O. The topological polar surface area (TPSA) is 72.9 Å². The van der Waals surface area contributed by atoms with Gasteiger partial charge >= 0.3 is 0 Å². The number of benzene rings is 2. The Morgan fingerprint density at radius 3 is 2.75 bits per heavy atom. The van der Waals surface area contributed by atoms with Crippen LogP contribution in [0.4, 0.5) is 5.69 Å². The van der Waals surface area contributed by atoms with Crippen LogP contribution >= 0.6 is 15.9 Å². The van der Waals surface area contributed by atoms with E-state index in [2.05, 4.69) is 33.1 Å². The first-order chi connectivity index (χ1) is 11.5. The first-order valence-electron chi connectivity index (χ1n) is 7.81. The van der Waals surface area contributed by atoms with Crippen molar-refractivity contribution in [1.82, 2.24) is 10.4 Å². The van der Waals surface area contributed by atoms with E-state index in [1.165, 1.54) is 0 Å². The highest BCUT2D eigenvalue weighted by Gasteiger charge is 2.34. The zero-order valence-corrected chi connectivity index (χ0v) is 14.6.